The Morgan fingerprint density at radius 1 is 1.59 bits per heavy atom. The maximum absolute atomic E-state index is 12.1. The highest BCUT2D eigenvalue weighted by atomic mass is 16.2. The zero-order valence-electron chi connectivity index (χ0n) is 9.89. The molecule has 0 N–H and O–H groups in total. The lowest BCUT2D eigenvalue weighted by Crippen LogP contribution is -2.39. The Labute approximate surface area is 101 Å². The Bertz CT molecular complexity index is 447. The van der Waals surface area contributed by atoms with Crippen molar-refractivity contribution in [2.75, 3.05) is 13.1 Å². The van der Waals surface area contributed by atoms with Gasteiger partial charge in [-0.15, -0.1) is 0 Å². The molecule has 1 saturated heterocycles. The number of pyridine rings is 1. The molecule has 2 rings (SSSR count). The van der Waals surface area contributed by atoms with Crippen LogP contribution in [0.5, 0.6) is 0 Å². The van der Waals surface area contributed by atoms with Crippen LogP contribution in [0.1, 0.15) is 28.9 Å². The Balaban J connectivity index is 2.09. The van der Waals surface area contributed by atoms with Gasteiger partial charge in [-0.25, -0.2) is 0 Å². The second-order valence-corrected chi connectivity index (χ2v) is 4.41. The van der Waals surface area contributed by atoms with Gasteiger partial charge in [0.15, 0.2) is 0 Å². The number of nitriles is 1. The Kier molecular flexibility index (Phi) is 3.38. The summed E-state index contributed by atoms with van der Waals surface area (Å²) < 4.78 is 0. The molecule has 1 aliphatic rings. The van der Waals surface area contributed by atoms with Gasteiger partial charge < -0.3 is 4.90 Å². The first-order valence-corrected chi connectivity index (χ1v) is 5.82. The van der Waals surface area contributed by atoms with Gasteiger partial charge >= 0.3 is 0 Å². The molecule has 0 radical (unpaired) electrons. The molecule has 0 bridgehead atoms. The number of amides is 1. The zero-order chi connectivity index (χ0) is 12.3. The van der Waals surface area contributed by atoms with Gasteiger partial charge in [0.2, 0.25) is 0 Å². The quantitative estimate of drug-likeness (QED) is 0.737. The molecular formula is C13H15N3O. The van der Waals surface area contributed by atoms with E-state index in [4.69, 9.17) is 5.26 Å². The van der Waals surface area contributed by atoms with E-state index in [9.17, 15) is 4.79 Å². The number of rotatable bonds is 1. The van der Waals surface area contributed by atoms with Crippen LogP contribution in [0.2, 0.25) is 0 Å². The van der Waals surface area contributed by atoms with Crippen molar-refractivity contribution < 1.29 is 4.79 Å². The number of aromatic nitrogens is 1. The second kappa shape index (κ2) is 4.96. The van der Waals surface area contributed by atoms with Crippen LogP contribution >= 0.6 is 0 Å². The number of likely N-dealkylation sites (tertiary alicyclic amines) is 1. The number of aryl methyl sites for hydroxylation is 1. The monoisotopic (exact) mass is 229 g/mol. The van der Waals surface area contributed by atoms with E-state index in [2.05, 4.69) is 11.1 Å². The van der Waals surface area contributed by atoms with Gasteiger partial charge in [0.05, 0.1) is 17.6 Å². The van der Waals surface area contributed by atoms with E-state index in [1.807, 2.05) is 13.0 Å². The van der Waals surface area contributed by atoms with Crippen LogP contribution in [0.3, 0.4) is 0 Å². The smallest absolute Gasteiger partial charge is 0.255 e. The van der Waals surface area contributed by atoms with Crippen LogP contribution in [-0.2, 0) is 0 Å². The van der Waals surface area contributed by atoms with E-state index in [0.29, 0.717) is 12.1 Å². The first-order valence-electron chi connectivity index (χ1n) is 5.82. The standard InChI is InChI=1S/C13H15N3O/c1-10-4-5-12(8-15-10)13(17)16-6-2-3-11(7-14)9-16/h4-5,8,11H,2-3,6,9H2,1H3. The van der Waals surface area contributed by atoms with Crippen molar-refractivity contribution in [3.8, 4) is 6.07 Å². The topological polar surface area (TPSA) is 57.0 Å². The summed E-state index contributed by atoms with van der Waals surface area (Å²) in [6.07, 6.45) is 3.41. The number of hydrogen-bond donors (Lipinski definition) is 0. The number of nitrogens with zero attached hydrogens (tertiary/aromatic N) is 3. The molecule has 1 aromatic rings. The van der Waals surface area contributed by atoms with Crippen LogP contribution in [-0.4, -0.2) is 28.9 Å². The van der Waals surface area contributed by atoms with Crippen LogP contribution in [0.4, 0.5) is 0 Å². The molecule has 4 nitrogen and oxygen atoms in total. The fraction of sp³-hybridized carbons (Fsp3) is 0.462. The molecule has 0 aliphatic carbocycles. The summed E-state index contributed by atoms with van der Waals surface area (Å²) in [5.41, 5.74) is 1.50. The van der Waals surface area contributed by atoms with Gasteiger partial charge in [0.25, 0.3) is 5.91 Å². The van der Waals surface area contributed by atoms with Crippen molar-refractivity contribution in [1.82, 2.24) is 9.88 Å². The predicted octanol–water partition coefficient (Wildman–Crippen LogP) is 1.77. The third-order valence-corrected chi connectivity index (χ3v) is 3.05. The molecule has 1 aromatic heterocycles. The first kappa shape index (κ1) is 11.6. The van der Waals surface area contributed by atoms with Crippen molar-refractivity contribution in [2.45, 2.75) is 19.8 Å². The molecule has 0 spiro atoms. The third kappa shape index (κ3) is 2.62. The molecule has 1 aliphatic heterocycles. The summed E-state index contributed by atoms with van der Waals surface area (Å²) in [5, 5.41) is 8.90. The van der Waals surface area contributed by atoms with E-state index >= 15 is 0 Å². The Hall–Kier alpha value is -1.89. The summed E-state index contributed by atoms with van der Waals surface area (Å²) in [6, 6.07) is 5.86. The zero-order valence-corrected chi connectivity index (χ0v) is 9.89. The maximum Gasteiger partial charge on any atom is 0.255 e. The maximum atomic E-state index is 12.1. The van der Waals surface area contributed by atoms with Crippen LogP contribution in [0, 0.1) is 24.2 Å². The van der Waals surface area contributed by atoms with E-state index in [1.54, 1.807) is 17.2 Å². The van der Waals surface area contributed by atoms with Gasteiger partial charge in [0, 0.05) is 25.0 Å². The van der Waals surface area contributed by atoms with Crippen molar-refractivity contribution in [1.29, 1.82) is 5.26 Å². The van der Waals surface area contributed by atoms with Crippen LogP contribution < -0.4 is 0 Å². The fourth-order valence-electron chi connectivity index (χ4n) is 2.04. The van der Waals surface area contributed by atoms with Crippen molar-refractivity contribution in [3.05, 3.63) is 29.6 Å². The number of hydrogen-bond acceptors (Lipinski definition) is 3. The minimum Gasteiger partial charge on any atom is -0.337 e. The van der Waals surface area contributed by atoms with E-state index in [1.165, 1.54) is 0 Å². The minimum atomic E-state index is -0.0221. The van der Waals surface area contributed by atoms with Crippen LogP contribution in [0.15, 0.2) is 18.3 Å². The van der Waals surface area contributed by atoms with Crippen LogP contribution in [0.25, 0.3) is 0 Å². The van der Waals surface area contributed by atoms with E-state index < -0.39 is 0 Å². The molecule has 0 aromatic carbocycles. The summed E-state index contributed by atoms with van der Waals surface area (Å²) in [4.78, 5) is 18.0. The molecule has 0 saturated carbocycles. The molecule has 1 amide bonds. The highest BCUT2D eigenvalue weighted by Crippen LogP contribution is 2.17. The lowest BCUT2D eigenvalue weighted by Gasteiger charge is -2.29. The lowest BCUT2D eigenvalue weighted by atomic mass is 9.99. The molecule has 1 unspecified atom stereocenters. The van der Waals surface area contributed by atoms with Gasteiger partial charge in [-0.05, 0) is 31.9 Å². The fourth-order valence-corrected chi connectivity index (χ4v) is 2.04. The first-order chi connectivity index (χ1) is 8.20. The summed E-state index contributed by atoms with van der Waals surface area (Å²) in [7, 11) is 0. The van der Waals surface area contributed by atoms with Gasteiger partial charge in [-0.3, -0.25) is 9.78 Å². The number of piperidine rings is 1. The van der Waals surface area contributed by atoms with E-state index in [-0.39, 0.29) is 11.8 Å². The van der Waals surface area contributed by atoms with Crippen molar-refractivity contribution >= 4 is 5.91 Å². The second-order valence-electron chi connectivity index (χ2n) is 4.41. The SMILES string of the molecule is Cc1ccc(C(=O)N2CCCC(C#N)C2)cn1. The van der Waals surface area contributed by atoms with Gasteiger partial charge in [0.1, 0.15) is 0 Å². The number of carbonyl (C=O) groups excluding carboxylic acids is 1. The summed E-state index contributed by atoms with van der Waals surface area (Å²) >= 11 is 0. The molecule has 1 atom stereocenters. The van der Waals surface area contributed by atoms with Crippen molar-refractivity contribution in [3.63, 3.8) is 0 Å². The number of carbonyl (C=O) groups is 1. The summed E-state index contributed by atoms with van der Waals surface area (Å²) in [5.74, 6) is -0.0384. The summed E-state index contributed by atoms with van der Waals surface area (Å²) in [6.45, 7) is 3.18. The van der Waals surface area contributed by atoms with Gasteiger partial charge in [-0.2, -0.15) is 5.26 Å². The Morgan fingerprint density at radius 3 is 3.06 bits per heavy atom. The minimum absolute atomic E-state index is 0.0162. The molecule has 2 heterocycles. The third-order valence-electron chi connectivity index (χ3n) is 3.05. The normalized spacial score (nSPS) is 19.8. The Morgan fingerprint density at radius 2 is 2.41 bits per heavy atom. The lowest BCUT2D eigenvalue weighted by molar-refractivity contribution is 0.0698. The van der Waals surface area contributed by atoms with E-state index in [0.717, 1.165) is 25.1 Å². The predicted molar refractivity (Wildman–Crippen MR) is 63.2 cm³/mol. The van der Waals surface area contributed by atoms with Crippen molar-refractivity contribution in [2.24, 2.45) is 5.92 Å². The molecular weight excluding hydrogens is 214 g/mol. The molecule has 4 heteroatoms. The average molecular weight is 229 g/mol. The molecule has 1 fully saturated rings. The average Bonchev–Trinajstić information content (AvgIpc) is 2.39. The highest BCUT2D eigenvalue weighted by Gasteiger charge is 2.24. The molecule has 17 heavy (non-hydrogen) atoms. The largest absolute Gasteiger partial charge is 0.337 e. The van der Waals surface area contributed by atoms with Gasteiger partial charge in [-0.1, -0.05) is 0 Å². The molecule has 88 valence electrons. The highest BCUT2D eigenvalue weighted by molar-refractivity contribution is 5.94.